The zero-order valence-corrected chi connectivity index (χ0v) is 19.7. The van der Waals surface area contributed by atoms with E-state index < -0.39 is 35.2 Å². The highest BCUT2D eigenvalue weighted by atomic mass is 35.5. The molecule has 0 saturated carbocycles. The first-order chi connectivity index (χ1) is 17.3. The molecule has 0 aliphatic carbocycles. The van der Waals surface area contributed by atoms with E-state index in [0.717, 1.165) is 5.56 Å². The van der Waals surface area contributed by atoms with Crippen LogP contribution in [0.25, 0.3) is 0 Å². The summed E-state index contributed by atoms with van der Waals surface area (Å²) >= 11 is 6.29. The number of aromatic hydroxyl groups is 2. The second-order valence-corrected chi connectivity index (χ2v) is 9.92. The number of likely N-dealkylation sites (tertiary alicyclic amines) is 1. The maximum absolute atomic E-state index is 13.9. The molecule has 3 aromatic carbocycles. The number of nitrogens with one attached hydrogen (secondary N) is 2. The Bertz CT molecular complexity index is 1430. The number of phenolic OH excluding ortho intramolecular Hbond substituents is 2. The summed E-state index contributed by atoms with van der Waals surface area (Å²) in [7, 11) is 0. The van der Waals surface area contributed by atoms with Gasteiger partial charge in [-0.05, 0) is 47.9 Å². The van der Waals surface area contributed by atoms with Crippen molar-refractivity contribution in [2.75, 3.05) is 5.32 Å². The van der Waals surface area contributed by atoms with Gasteiger partial charge in [-0.3, -0.25) is 24.6 Å². The zero-order chi connectivity index (χ0) is 25.2. The average Bonchev–Trinajstić information content (AvgIpc) is 3.43. The van der Waals surface area contributed by atoms with Crippen LogP contribution in [0.3, 0.4) is 0 Å². The fourth-order valence-corrected chi connectivity index (χ4v) is 6.05. The van der Waals surface area contributed by atoms with E-state index in [-0.39, 0.29) is 30.4 Å². The monoisotopic (exact) mass is 503 g/mol. The molecule has 0 bridgehead atoms. The first-order valence-electron chi connectivity index (χ1n) is 11.6. The molecule has 0 radical (unpaired) electrons. The lowest BCUT2D eigenvalue weighted by Crippen LogP contribution is -2.53. The number of phenols is 2. The summed E-state index contributed by atoms with van der Waals surface area (Å²) in [5.41, 5.74) is 1.06. The minimum Gasteiger partial charge on any atom is -0.504 e. The number of anilines is 1. The minimum absolute atomic E-state index is 0.109. The number of carbonyl (C=O) groups excluding carboxylic acids is 3. The Kier molecular flexibility index (Phi) is 5.07. The number of fused-ring (bicyclic) bond motifs is 4. The number of amides is 3. The smallest absolute Gasteiger partial charge is 0.250 e. The average molecular weight is 504 g/mol. The lowest BCUT2D eigenvalue weighted by Gasteiger charge is -2.29. The summed E-state index contributed by atoms with van der Waals surface area (Å²) in [6.07, 6.45) is 0.248. The van der Waals surface area contributed by atoms with Gasteiger partial charge in [-0.15, -0.1) is 0 Å². The van der Waals surface area contributed by atoms with E-state index in [9.17, 15) is 24.6 Å². The molecule has 1 spiro atoms. The Morgan fingerprint density at radius 2 is 1.67 bits per heavy atom. The van der Waals surface area contributed by atoms with Crippen LogP contribution in [-0.2, 0) is 32.9 Å². The summed E-state index contributed by atoms with van der Waals surface area (Å²) in [4.78, 5) is 42.4. The van der Waals surface area contributed by atoms with E-state index in [0.29, 0.717) is 21.8 Å². The zero-order valence-electron chi connectivity index (χ0n) is 18.9. The third-order valence-corrected chi connectivity index (χ3v) is 7.68. The Labute approximate surface area is 211 Å². The molecule has 3 heterocycles. The molecular formula is C27H22ClN3O5. The normalized spacial score (nSPS) is 26.4. The number of rotatable bonds is 4. The SMILES string of the molecule is O=C1[C@@H]2C(Cc3ccc(O)c(O)c3)NC3(C(=O)Nc4ccc(Cl)cc43)[C@@H]2C(=O)N1Cc1ccccc1. The van der Waals surface area contributed by atoms with Crippen LogP contribution in [0.5, 0.6) is 11.5 Å². The molecule has 3 aliphatic rings. The molecule has 2 fully saturated rings. The first kappa shape index (κ1) is 22.6. The van der Waals surface area contributed by atoms with Gasteiger partial charge in [-0.25, -0.2) is 0 Å². The molecule has 0 aromatic heterocycles. The molecule has 3 aromatic rings. The quantitative estimate of drug-likeness (QED) is 0.321. The van der Waals surface area contributed by atoms with Crippen LogP contribution in [0.1, 0.15) is 16.7 Å². The highest BCUT2D eigenvalue weighted by Gasteiger charge is 2.70. The molecule has 6 rings (SSSR count). The molecule has 36 heavy (non-hydrogen) atoms. The van der Waals surface area contributed by atoms with Crippen molar-refractivity contribution in [3.63, 3.8) is 0 Å². The molecular weight excluding hydrogens is 482 g/mol. The van der Waals surface area contributed by atoms with Gasteiger partial charge >= 0.3 is 0 Å². The number of hydrogen-bond donors (Lipinski definition) is 4. The van der Waals surface area contributed by atoms with Crippen LogP contribution >= 0.6 is 11.6 Å². The Morgan fingerprint density at radius 1 is 0.889 bits per heavy atom. The molecule has 4 atom stereocenters. The molecule has 3 amide bonds. The summed E-state index contributed by atoms with van der Waals surface area (Å²) in [5, 5.41) is 26.3. The molecule has 2 saturated heterocycles. The second kappa shape index (κ2) is 8.08. The van der Waals surface area contributed by atoms with Crippen molar-refractivity contribution in [3.05, 3.63) is 88.4 Å². The number of imide groups is 1. The van der Waals surface area contributed by atoms with Crippen molar-refractivity contribution in [1.29, 1.82) is 0 Å². The van der Waals surface area contributed by atoms with Crippen LogP contribution in [0.4, 0.5) is 5.69 Å². The van der Waals surface area contributed by atoms with Gasteiger partial charge in [0.2, 0.25) is 17.7 Å². The highest BCUT2D eigenvalue weighted by Crippen LogP contribution is 2.54. The van der Waals surface area contributed by atoms with Crippen LogP contribution in [-0.4, -0.2) is 38.9 Å². The number of carbonyl (C=O) groups is 3. The van der Waals surface area contributed by atoms with E-state index in [1.54, 1.807) is 24.3 Å². The van der Waals surface area contributed by atoms with Gasteiger partial charge in [-0.2, -0.15) is 0 Å². The summed E-state index contributed by atoms with van der Waals surface area (Å²) in [5.74, 6) is -3.50. The summed E-state index contributed by atoms with van der Waals surface area (Å²) in [6.45, 7) is 0.109. The lowest BCUT2D eigenvalue weighted by atomic mass is 9.76. The molecule has 182 valence electrons. The van der Waals surface area contributed by atoms with E-state index in [2.05, 4.69) is 10.6 Å². The second-order valence-electron chi connectivity index (χ2n) is 9.48. The van der Waals surface area contributed by atoms with Crippen LogP contribution in [0.2, 0.25) is 5.02 Å². The van der Waals surface area contributed by atoms with E-state index in [1.165, 1.54) is 17.0 Å². The van der Waals surface area contributed by atoms with Gasteiger partial charge in [-0.1, -0.05) is 48.0 Å². The van der Waals surface area contributed by atoms with Crippen molar-refractivity contribution in [2.45, 2.75) is 24.5 Å². The van der Waals surface area contributed by atoms with Crippen molar-refractivity contribution in [1.82, 2.24) is 10.2 Å². The Hall–Kier alpha value is -3.88. The van der Waals surface area contributed by atoms with E-state index >= 15 is 0 Å². The van der Waals surface area contributed by atoms with Crippen LogP contribution in [0.15, 0.2) is 66.7 Å². The predicted octanol–water partition coefficient (Wildman–Crippen LogP) is 2.91. The van der Waals surface area contributed by atoms with Crippen molar-refractivity contribution in [2.24, 2.45) is 11.8 Å². The fourth-order valence-electron chi connectivity index (χ4n) is 5.88. The van der Waals surface area contributed by atoms with Gasteiger partial charge in [0.15, 0.2) is 11.5 Å². The fraction of sp³-hybridized carbons (Fsp3) is 0.222. The van der Waals surface area contributed by atoms with E-state index in [4.69, 9.17) is 11.6 Å². The number of benzene rings is 3. The Morgan fingerprint density at radius 3 is 2.42 bits per heavy atom. The molecule has 4 N–H and O–H groups in total. The van der Waals surface area contributed by atoms with Gasteiger partial charge in [0.25, 0.3) is 0 Å². The summed E-state index contributed by atoms with van der Waals surface area (Å²) < 4.78 is 0. The molecule has 3 aliphatic heterocycles. The predicted molar refractivity (Wildman–Crippen MR) is 131 cm³/mol. The maximum atomic E-state index is 13.9. The van der Waals surface area contributed by atoms with Crippen molar-refractivity contribution >= 4 is 35.0 Å². The highest BCUT2D eigenvalue weighted by molar-refractivity contribution is 6.31. The van der Waals surface area contributed by atoms with Crippen molar-refractivity contribution in [3.8, 4) is 11.5 Å². The lowest BCUT2D eigenvalue weighted by molar-refractivity contribution is -0.143. The number of hydrogen-bond acceptors (Lipinski definition) is 6. The maximum Gasteiger partial charge on any atom is 0.250 e. The number of halogens is 1. The summed E-state index contributed by atoms with van der Waals surface area (Å²) in [6, 6.07) is 18.1. The van der Waals surface area contributed by atoms with Gasteiger partial charge in [0, 0.05) is 22.3 Å². The van der Waals surface area contributed by atoms with Gasteiger partial charge in [0.1, 0.15) is 5.54 Å². The standard InChI is InChI=1S/C27H22ClN3O5/c28-16-7-8-18-17(12-16)27(26(36)29-18)23-22(19(30-27)10-15-6-9-20(32)21(33)11-15)24(34)31(25(23)35)13-14-4-2-1-3-5-14/h1-9,11-12,19,22-23,30,32-33H,10,13H2,(H,29,36)/t19?,22-,23+,27?/m1/s1. The Balaban J connectivity index is 1.45. The van der Waals surface area contributed by atoms with Crippen LogP contribution < -0.4 is 10.6 Å². The van der Waals surface area contributed by atoms with Gasteiger partial charge in [0.05, 0.1) is 18.4 Å². The molecule has 2 unspecified atom stereocenters. The molecule has 9 heteroatoms. The van der Waals surface area contributed by atoms with Crippen LogP contribution in [0, 0.1) is 11.8 Å². The molecule has 8 nitrogen and oxygen atoms in total. The topological polar surface area (TPSA) is 119 Å². The third kappa shape index (κ3) is 3.22. The number of nitrogens with zero attached hydrogens (tertiary/aromatic N) is 1. The minimum atomic E-state index is -1.47. The largest absolute Gasteiger partial charge is 0.504 e. The van der Waals surface area contributed by atoms with Gasteiger partial charge < -0.3 is 15.5 Å². The van der Waals surface area contributed by atoms with E-state index in [1.807, 2.05) is 30.3 Å². The first-order valence-corrected chi connectivity index (χ1v) is 12.0. The third-order valence-electron chi connectivity index (χ3n) is 7.45. The van der Waals surface area contributed by atoms with Crippen molar-refractivity contribution < 1.29 is 24.6 Å².